The molecule has 0 bridgehead atoms. The molecule has 84 valence electrons. The lowest BCUT2D eigenvalue weighted by atomic mass is 9.64. The molecule has 0 saturated heterocycles. The summed E-state index contributed by atoms with van der Waals surface area (Å²) >= 11 is 0. The van der Waals surface area contributed by atoms with Crippen molar-refractivity contribution in [3.8, 4) is 0 Å². The van der Waals surface area contributed by atoms with Gasteiger partial charge in [-0.3, -0.25) is 4.68 Å². The molecule has 0 radical (unpaired) electrons. The Hall–Kier alpha value is -0.830. The zero-order valence-corrected chi connectivity index (χ0v) is 9.90. The van der Waals surface area contributed by atoms with Gasteiger partial charge in [-0.05, 0) is 31.1 Å². The van der Waals surface area contributed by atoms with E-state index in [2.05, 4.69) is 25.1 Å². The molecule has 0 spiro atoms. The lowest BCUT2D eigenvalue weighted by Crippen LogP contribution is -2.34. The van der Waals surface area contributed by atoms with Crippen LogP contribution in [0.5, 0.6) is 0 Å². The zero-order chi connectivity index (χ0) is 11.1. The molecule has 1 aromatic rings. The minimum absolute atomic E-state index is 0.0941. The van der Waals surface area contributed by atoms with Crippen molar-refractivity contribution in [2.24, 2.45) is 17.1 Å². The van der Waals surface area contributed by atoms with Crippen molar-refractivity contribution in [2.45, 2.75) is 46.2 Å². The average molecular weight is 207 g/mol. The van der Waals surface area contributed by atoms with Crippen LogP contribution in [-0.2, 0) is 6.54 Å². The van der Waals surface area contributed by atoms with E-state index in [0.29, 0.717) is 5.41 Å². The van der Waals surface area contributed by atoms with E-state index in [-0.39, 0.29) is 6.04 Å². The third-order valence-electron chi connectivity index (χ3n) is 3.31. The monoisotopic (exact) mass is 207 g/mol. The molecule has 1 atom stereocenters. The third-order valence-corrected chi connectivity index (χ3v) is 3.31. The van der Waals surface area contributed by atoms with Crippen LogP contribution in [0.4, 0.5) is 0 Å². The maximum Gasteiger partial charge on any atom is 0.0537 e. The number of aromatic nitrogens is 2. The molecular formula is C12H21N3. The molecule has 0 amide bonds. The molecule has 15 heavy (non-hydrogen) atoms. The SMILES string of the molecule is C[C@H](N)c1cnn(CC2CC(C)(C)C2)c1. The summed E-state index contributed by atoms with van der Waals surface area (Å²) in [7, 11) is 0. The Morgan fingerprint density at radius 3 is 2.73 bits per heavy atom. The van der Waals surface area contributed by atoms with Gasteiger partial charge in [0.25, 0.3) is 0 Å². The quantitative estimate of drug-likeness (QED) is 0.826. The van der Waals surface area contributed by atoms with Gasteiger partial charge >= 0.3 is 0 Å². The highest BCUT2D eigenvalue weighted by molar-refractivity contribution is 5.08. The first-order valence-electron chi connectivity index (χ1n) is 5.74. The summed E-state index contributed by atoms with van der Waals surface area (Å²) in [4.78, 5) is 0. The summed E-state index contributed by atoms with van der Waals surface area (Å²) in [5.74, 6) is 0.806. The summed E-state index contributed by atoms with van der Waals surface area (Å²) in [6.07, 6.45) is 6.60. The molecule has 1 aromatic heterocycles. The Morgan fingerprint density at radius 2 is 2.27 bits per heavy atom. The van der Waals surface area contributed by atoms with E-state index < -0.39 is 0 Å². The Morgan fingerprint density at radius 1 is 1.60 bits per heavy atom. The Kier molecular flexibility index (Phi) is 2.59. The van der Waals surface area contributed by atoms with E-state index in [9.17, 15) is 0 Å². The summed E-state index contributed by atoms with van der Waals surface area (Å²) < 4.78 is 2.04. The van der Waals surface area contributed by atoms with Crippen LogP contribution >= 0.6 is 0 Å². The topological polar surface area (TPSA) is 43.8 Å². The molecule has 3 nitrogen and oxygen atoms in total. The molecule has 1 fully saturated rings. The number of nitrogens with zero attached hydrogens (tertiary/aromatic N) is 2. The summed E-state index contributed by atoms with van der Waals surface area (Å²) in [6, 6.07) is 0.0941. The van der Waals surface area contributed by atoms with Crippen LogP contribution in [-0.4, -0.2) is 9.78 Å². The van der Waals surface area contributed by atoms with Gasteiger partial charge in [0.05, 0.1) is 6.20 Å². The fourth-order valence-corrected chi connectivity index (χ4v) is 2.61. The average Bonchev–Trinajstić information content (AvgIpc) is 2.49. The van der Waals surface area contributed by atoms with Gasteiger partial charge in [0.2, 0.25) is 0 Å². The van der Waals surface area contributed by atoms with Crippen LogP contribution < -0.4 is 5.73 Å². The largest absolute Gasteiger partial charge is 0.324 e. The third kappa shape index (κ3) is 2.40. The highest BCUT2D eigenvalue weighted by Gasteiger charge is 2.35. The smallest absolute Gasteiger partial charge is 0.0537 e. The van der Waals surface area contributed by atoms with Crippen LogP contribution in [0.1, 0.15) is 45.2 Å². The number of rotatable bonds is 3. The molecule has 1 saturated carbocycles. The van der Waals surface area contributed by atoms with Crippen LogP contribution in [0.3, 0.4) is 0 Å². The van der Waals surface area contributed by atoms with E-state index in [0.717, 1.165) is 18.0 Å². The molecule has 0 aliphatic heterocycles. The minimum Gasteiger partial charge on any atom is -0.324 e. The van der Waals surface area contributed by atoms with Gasteiger partial charge < -0.3 is 5.73 Å². The first-order chi connectivity index (χ1) is 6.96. The molecular weight excluding hydrogens is 186 g/mol. The van der Waals surface area contributed by atoms with Crippen molar-refractivity contribution in [1.29, 1.82) is 0 Å². The van der Waals surface area contributed by atoms with E-state index in [1.165, 1.54) is 12.8 Å². The van der Waals surface area contributed by atoms with Crippen molar-refractivity contribution in [3.63, 3.8) is 0 Å². The second-order valence-corrected chi connectivity index (χ2v) is 5.72. The maximum atomic E-state index is 5.79. The molecule has 0 aromatic carbocycles. The first-order valence-corrected chi connectivity index (χ1v) is 5.74. The van der Waals surface area contributed by atoms with Crippen molar-refractivity contribution in [2.75, 3.05) is 0 Å². The molecule has 0 unspecified atom stereocenters. The van der Waals surface area contributed by atoms with Crippen LogP contribution in [0, 0.1) is 11.3 Å². The van der Waals surface area contributed by atoms with E-state index in [4.69, 9.17) is 5.73 Å². The van der Waals surface area contributed by atoms with E-state index >= 15 is 0 Å². The minimum atomic E-state index is 0.0941. The molecule has 1 aliphatic rings. The van der Waals surface area contributed by atoms with Gasteiger partial charge in [-0.15, -0.1) is 0 Å². The number of nitrogens with two attached hydrogens (primary N) is 1. The fraction of sp³-hybridized carbons (Fsp3) is 0.750. The highest BCUT2D eigenvalue weighted by atomic mass is 15.3. The molecule has 2 rings (SSSR count). The van der Waals surface area contributed by atoms with Crippen molar-refractivity contribution >= 4 is 0 Å². The fourth-order valence-electron chi connectivity index (χ4n) is 2.61. The van der Waals surface area contributed by atoms with E-state index in [1.54, 1.807) is 0 Å². The second-order valence-electron chi connectivity index (χ2n) is 5.72. The Labute approximate surface area is 91.7 Å². The summed E-state index contributed by atoms with van der Waals surface area (Å²) in [6.45, 7) is 7.71. The van der Waals surface area contributed by atoms with Gasteiger partial charge in [0, 0.05) is 24.3 Å². The van der Waals surface area contributed by atoms with Crippen molar-refractivity contribution < 1.29 is 0 Å². The Bertz CT molecular complexity index is 330. The van der Waals surface area contributed by atoms with Crippen LogP contribution in [0.15, 0.2) is 12.4 Å². The Balaban J connectivity index is 1.89. The number of hydrogen-bond donors (Lipinski definition) is 1. The maximum absolute atomic E-state index is 5.79. The summed E-state index contributed by atoms with van der Waals surface area (Å²) in [5, 5.41) is 4.34. The predicted molar refractivity (Wildman–Crippen MR) is 61.3 cm³/mol. The lowest BCUT2D eigenvalue weighted by molar-refractivity contribution is 0.0800. The highest BCUT2D eigenvalue weighted by Crippen LogP contribution is 2.45. The second kappa shape index (κ2) is 3.63. The lowest BCUT2D eigenvalue weighted by Gasteiger charge is -2.42. The van der Waals surface area contributed by atoms with Gasteiger partial charge in [0.1, 0.15) is 0 Å². The predicted octanol–water partition coefficient (Wildman–Crippen LogP) is 2.34. The van der Waals surface area contributed by atoms with Crippen LogP contribution in [0.2, 0.25) is 0 Å². The normalized spacial score (nSPS) is 22.4. The van der Waals surface area contributed by atoms with Gasteiger partial charge in [-0.1, -0.05) is 13.8 Å². The zero-order valence-electron chi connectivity index (χ0n) is 9.90. The van der Waals surface area contributed by atoms with Crippen molar-refractivity contribution in [1.82, 2.24) is 9.78 Å². The standard InChI is InChI=1S/C12H21N3/c1-9(13)11-6-14-15(8-11)7-10-4-12(2,3)5-10/h6,8-10H,4-5,7,13H2,1-3H3/t9-/m0/s1. The molecule has 1 heterocycles. The summed E-state index contributed by atoms with van der Waals surface area (Å²) in [5.41, 5.74) is 7.48. The molecule has 1 aliphatic carbocycles. The molecule has 3 heteroatoms. The van der Waals surface area contributed by atoms with Crippen molar-refractivity contribution in [3.05, 3.63) is 18.0 Å². The molecule has 2 N–H and O–H groups in total. The first kappa shape index (κ1) is 10.7. The van der Waals surface area contributed by atoms with Gasteiger partial charge in [-0.25, -0.2) is 0 Å². The van der Waals surface area contributed by atoms with Gasteiger partial charge in [-0.2, -0.15) is 5.10 Å². The van der Waals surface area contributed by atoms with E-state index in [1.807, 2.05) is 17.8 Å². The van der Waals surface area contributed by atoms with Crippen LogP contribution in [0.25, 0.3) is 0 Å². The van der Waals surface area contributed by atoms with Gasteiger partial charge in [0.15, 0.2) is 0 Å². The number of hydrogen-bond acceptors (Lipinski definition) is 2.